The van der Waals surface area contributed by atoms with Crippen molar-refractivity contribution in [2.45, 2.75) is 40.0 Å². The van der Waals surface area contributed by atoms with Crippen molar-refractivity contribution in [1.82, 2.24) is 0 Å². The number of aryl methyl sites for hydroxylation is 1. The van der Waals surface area contributed by atoms with Gasteiger partial charge >= 0.3 is 5.97 Å². The van der Waals surface area contributed by atoms with E-state index in [-0.39, 0.29) is 48.3 Å². The highest BCUT2D eigenvalue weighted by molar-refractivity contribution is 6.22. The normalized spacial score (nSPS) is 24.0. The van der Waals surface area contributed by atoms with Crippen molar-refractivity contribution < 1.29 is 23.9 Å². The summed E-state index contributed by atoms with van der Waals surface area (Å²) in [6, 6.07) is 12.3. The Kier molecular flexibility index (Phi) is 5.79. The van der Waals surface area contributed by atoms with Crippen LogP contribution < -0.4 is 14.5 Å². The number of benzene rings is 2. The number of allylic oxidation sites excluding steroid dienone is 2. The summed E-state index contributed by atoms with van der Waals surface area (Å²) in [6.07, 6.45) is 3.26. The molecule has 3 amide bonds. The molecule has 2 aromatic carbocycles. The molecule has 0 aromatic heterocycles. The third-order valence-electron chi connectivity index (χ3n) is 7.44. The van der Waals surface area contributed by atoms with Gasteiger partial charge in [0.1, 0.15) is 5.75 Å². The number of nitrogens with zero attached hydrogens (tertiary/aromatic N) is 2. The van der Waals surface area contributed by atoms with Gasteiger partial charge in [0.25, 0.3) is 0 Å². The van der Waals surface area contributed by atoms with Crippen molar-refractivity contribution in [3.05, 3.63) is 65.2 Å². The Hall–Kier alpha value is -3.74. The first kappa shape index (κ1) is 23.0. The van der Waals surface area contributed by atoms with Gasteiger partial charge in [-0.1, -0.05) is 29.8 Å². The van der Waals surface area contributed by atoms with Gasteiger partial charge in [0.05, 0.1) is 23.4 Å². The molecule has 2 fully saturated rings. The molecule has 5 rings (SSSR count). The maximum absolute atomic E-state index is 13.0. The van der Waals surface area contributed by atoms with Crippen LogP contribution in [0.25, 0.3) is 0 Å². The summed E-state index contributed by atoms with van der Waals surface area (Å²) >= 11 is 0. The van der Waals surface area contributed by atoms with Crippen LogP contribution in [0.3, 0.4) is 0 Å². The molecular formula is C28H28N2O5. The molecule has 7 heteroatoms. The molecule has 0 radical (unpaired) electrons. The van der Waals surface area contributed by atoms with Crippen LogP contribution in [0.2, 0.25) is 0 Å². The lowest BCUT2D eigenvalue weighted by Gasteiger charge is -2.20. The molecule has 0 spiro atoms. The van der Waals surface area contributed by atoms with E-state index in [1.165, 1.54) is 4.90 Å². The van der Waals surface area contributed by atoms with Crippen molar-refractivity contribution in [3.8, 4) is 5.75 Å². The van der Waals surface area contributed by atoms with Gasteiger partial charge in [-0.2, -0.15) is 0 Å². The van der Waals surface area contributed by atoms with Gasteiger partial charge in [0, 0.05) is 24.7 Å². The fourth-order valence-electron chi connectivity index (χ4n) is 5.30. The average Bonchev–Trinajstić information content (AvgIpc) is 3.33. The zero-order valence-electron chi connectivity index (χ0n) is 20.1. The molecule has 0 unspecified atom stereocenters. The molecule has 7 nitrogen and oxygen atoms in total. The summed E-state index contributed by atoms with van der Waals surface area (Å²) in [6.45, 7) is 6.18. The number of fused-ring (bicyclic) bond motifs is 1. The zero-order chi connectivity index (χ0) is 24.9. The molecule has 2 aliphatic heterocycles. The number of rotatable bonds is 4. The van der Waals surface area contributed by atoms with Crippen LogP contribution >= 0.6 is 0 Å². The first-order chi connectivity index (χ1) is 16.7. The second kappa shape index (κ2) is 8.80. The summed E-state index contributed by atoms with van der Waals surface area (Å²) in [5.74, 6) is -2.06. The number of hydrogen-bond acceptors (Lipinski definition) is 5. The predicted molar refractivity (Wildman–Crippen MR) is 131 cm³/mol. The molecule has 2 heterocycles. The summed E-state index contributed by atoms with van der Waals surface area (Å²) in [5.41, 5.74) is 4.42. The Morgan fingerprint density at radius 1 is 0.943 bits per heavy atom. The van der Waals surface area contributed by atoms with Gasteiger partial charge < -0.3 is 9.64 Å². The number of esters is 1. The Bertz CT molecular complexity index is 1280. The highest BCUT2D eigenvalue weighted by atomic mass is 16.5. The van der Waals surface area contributed by atoms with E-state index in [2.05, 4.69) is 0 Å². The highest BCUT2D eigenvalue weighted by Crippen LogP contribution is 2.40. The molecule has 0 N–H and O–H groups in total. The summed E-state index contributed by atoms with van der Waals surface area (Å²) in [5, 5.41) is 0. The van der Waals surface area contributed by atoms with Crippen molar-refractivity contribution >= 4 is 35.1 Å². The first-order valence-electron chi connectivity index (χ1n) is 12.0. The molecule has 3 atom stereocenters. The Labute approximate surface area is 204 Å². The third-order valence-corrected chi connectivity index (χ3v) is 7.44. The second-order valence-corrected chi connectivity index (χ2v) is 9.76. The molecule has 3 aliphatic rings. The van der Waals surface area contributed by atoms with Crippen LogP contribution in [0.4, 0.5) is 11.4 Å². The van der Waals surface area contributed by atoms with Crippen molar-refractivity contribution in [2.24, 2.45) is 17.8 Å². The van der Waals surface area contributed by atoms with E-state index < -0.39 is 11.9 Å². The lowest BCUT2D eigenvalue weighted by Crippen LogP contribution is -2.31. The zero-order valence-corrected chi connectivity index (χ0v) is 20.1. The summed E-state index contributed by atoms with van der Waals surface area (Å²) in [7, 11) is 0. The molecule has 1 aliphatic carbocycles. The Morgan fingerprint density at radius 2 is 1.69 bits per heavy atom. The van der Waals surface area contributed by atoms with Gasteiger partial charge in [0.15, 0.2) is 0 Å². The number of amides is 3. The lowest BCUT2D eigenvalue weighted by molar-refractivity contribution is -0.139. The number of carbonyl (C=O) groups is 4. The summed E-state index contributed by atoms with van der Waals surface area (Å²) < 4.78 is 5.61. The smallest absolute Gasteiger partial charge is 0.316 e. The van der Waals surface area contributed by atoms with Gasteiger partial charge in [0.2, 0.25) is 17.7 Å². The molecule has 2 saturated heterocycles. The molecule has 0 bridgehead atoms. The van der Waals surface area contributed by atoms with Crippen LogP contribution in [0.1, 0.15) is 37.3 Å². The second-order valence-electron chi connectivity index (χ2n) is 9.76. The highest BCUT2D eigenvalue weighted by Gasteiger charge is 2.48. The lowest BCUT2D eigenvalue weighted by atomic mass is 9.82. The Morgan fingerprint density at radius 3 is 2.49 bits per heavy atom. The fourth-order valence-corrected chi connectivity index (χ4v) is 5.30. The average molecular weight is 473 g/mol. The van der Waals surface area contributed by atoms with Crippen LogP contribution in [0.15, 0.2) is 54.1 Å². The van der Waals surface area contributed by atoms with Gasteiger partial charge in [-0.3, -0.25) is 19.2 Å². The molecule has 0 saturated carbocycles. The van der Waals surface area contributed by atoms with Gasteiger partial charge in [-0.05, 0) is 62.9 Å². The number of ether oxygens (including phenoxy) is 1. The van der Waals surface area contributed by atoms with Crippen molar-refractivity contribution in [1.29, 1.82) is 0 Å². The number of anilines is 2. The van der Waals surface area contributed by atoms with Crippen LogP contribution in [-0.4, -0.2) is 30.2 Å². The van der Waals surface area contributed by atoms with E-state index in [4.69, 9.17) is 4.74 Å². The van der Waals surface area contributed by atoms with Crippen molar-refractivity contribution in [3.63, 3.8) is 0 Å². The van der Waals surface area contributed by atoms with Gasteiger partial charge in [-0.15, -0.1) is 0 Å². The van der Waals surface area contributed by atoms with Gasteiger partial charge in [-0.25, -0.2) is 4.90 Å². The first-order valence-corrected chi connectivity index (χ1v) is 12.0. The standard InChI is InChI=1S/C28H28N2O5/c1-16-10-11-22-23(12-16)27(33)30(26(22)32)20-7-5-8-21(14-20)35-28(34)19-13-25(31)29(15-19)24-9-4-6-17(2)18(24)3/h4-10,14,19,22-23H,11-13,15H2,1-3H3/t19-,22-,23+/m0/s1. The topological polar surface area (TPSA) is 84.0 Å². The maximum Gasteiger partial charge on any atom is 0.316 e. The molecule has 35 heavy (non-hydrogen) atoms. The fraction of sp³-hybridized carbons (Fsp3) is 0.357. The van der Waals surface area contributed by atoms with E-state index in [1.807, 2.05) is 45.0 Å². The minimum absolute atomic E-state index is 0.0741. The SMILES string of the molecule is CC1=CC[C@@H]2C(=O)N(c3cccc(OC(=O)[C@H]4CC(=O)N(c5cccc(C)c5C)C4)c3)C(=O)[C@@H]2C1. The minimum Gasteiger partial charge on any atom is -0.426 e. The minimum atomic E-state index is -0.599. The quantitative estimate of drug-likeness (QED) is 0.289. The molecule has 180 valence electrons. The predicted octanol–water partition coefficient (Wildman–Crippen LogP) is 4.11. The van der Waals surface area contributed by atoms with E-state index >= 15 is 0 Å². The largest absolute Gasteiger partial charge is 0.426 e. The van der Waals surface area contributed by atoms with E-state index in [0.29, 0.717) is 18.5 Å². The van der Waals surface area contributed by atoms with Crippen molar-refractivity contribution in [2.75, 3.05) is 16.3 Å². The van der Waals surface area contributed by atoms with Crippen LogP contribution in [0.5, 0.6) is 5.75 Å². The number of imide groups is 1. The van der Waals surface area contributed by atoms with E-state index in [0.717, 1.165) is 22.4 Å². The summed E-state index contributed by atoms with van der Waals surface area (Å²) in [4.78, 5) is 54.5. The molecule has 2 aromatic rings. The van der Waals surface area contributed by atoms with E-state index in [9.17, 15) is 19.2 Å². The van der Waals surface area contributed by atoms with Crippen LogP contribution in [-0.2, 0) is 19.2 Å². The number of hydrogen-bond donors (Lipinski definition) is 0. The monoisotopic (exact) mass is 472 g/mol. The maximum atomic E-state index is 13.0. The van der Waals surface area contributed by atoms with Crippen LogP contribution in [0, 0.1) is 31.6 Å². The Balaban J connectivity index is 1.30. The number of carbonyl (C=O) groups excluding carboxylic acids is 4. The molecular weight excluding hydrogens is 444 g/mol. The third kappa shape index (κ3) is 4.05. The van der Waals surface area contributed by atoms with E-state index in [1.54, 1.807) is 29.2 Å².